The van der Waals surface area contributed by atoms with Crippen LogP contribution in [-0.4, -0.2) is 19.6 Å². The number of hydrogen-bond donors (Lipinski definition) is 1. The van der Waals surface area contributed by atoms with Crippen molar-refractivity contribution in [3.63, 3.8) is 0 Å². The molecule has 0 radical (unpaired) electrons. The number of amides is 1. The van der Waals surface area contributed by atoms with Crippen LogP contribution in [0.1, 0.15) is 16.7 Å². The molecule has 28 heavy (non-hydrogen) atoms. The van der Waals surface area contributed by atoms with Gasteiger partial charge >= 0.3 is 0 Å². The van der Waals surface area contributed by atoms with E-state index in [4.69, 9.17) is 4.74 Å². The number of ether oxygens (including phenoxy) is 1. The molecule has 3 nitrogen and oxygen atoms in total. The van der Waals surface area contributed by atoms with Gasteiger partial charge in [-0.25, -0.2) is 4.39 Å². The van der Waals surface area contributed by atoms with Crippen LogP contribution in [0.25, 0.3) is 11.6 Å². The lowest BCUT2D eigenvalue weighted by Gasteiger charge is -2.10. The molecule has 1 N–H and O–H groups in total. The van der Waals surface area contributed by atoms with Gasteiger partial charge < -0.3 is 10.1 Å². The summed E-state index contributed by atoms with van der Waals surface area (Å²) in [6.45, 7) is 0.469. The molecule has 0 aliphatic carbocycles. The monoisotopic (exact) mass is 375 g/mol. The van der Waals surface area contributed by atoms with Crippen molar-refractivity contribution in [2.45, 2.75) is 6.42 Å². The summed E-state index contributed by atoms with van der Waals surface area (Å²) in [6, 6.07) is 23.4. The highest BCUT2D eigenvalue weighted by molar-refractivity contribution is 6.24. The Kier molecular flexibility index (Phi) is 6.58. The molecule has 0 aromatic heterocycles. The van der Waals surface area contributed by atoms with E-state index in [2.05, 4.69) is 5.32 Å². The van der Waals surface area contributed by atoms with E-state index in [0.29, 0.717) is 18.5 Å². The summed E-state index contributed by atoms with van der Waals surface area (Å²) in [7, 11) is 1.62. The Morgan fingerprint density at radius 2 is 1.64 bits per heavy atom. The minimum absolute atomic E-state index is 0.149. The first kappa shape index (κ1) is 19.4. The summed E-state index contributed by atoms with van der Waals surface area (Å²) < 4.78 is 18.2. The molecular formula is C24H22FNO2. The molecular weight excluding hydrogens is 353 g/mol. The number of rotatable bonds is 7. The lowest BCUT2D eigenvalue weighted by molar-refractivity contribution is -0.115. The first-order chi connectivity index (χ1) is 13.7. The average Bonchev–Trinajstić information content (AvgIpc) is 2.74. The van der Waals surface area contributed by atoms with Gasteiger partial charge in [-0.15, -0.1) is 0 Å². The Morgan fingerprint density at radius 3 is 2.29 bits per heavy atom. The van der Waals surface area contributed by atoms with E-state index in [0.717, 1.165) is 22.4 Å². The Morgan fingerprint density at radius 1 is 0.964 bits per heavy atom. The lowest BCUT2D eigenvalue weighted by atomic mass is 10.0. The molecule has 3 rings (SSSR count). The SMILES string of the molecule is COc1ccc(/C=C(/C(=O)NCCc2ccc(F)cc2)c2ccccc2)cc1. The van der Waals surface area contributed by atoms with Gasteiger partial charge in [-0.3, -0.25) is 4.79 Å². The van der Waals surface area contributed by atoms with Crippen molar-refractivity contribution in [1.82, 2.24) is 5.32 Å². The second-order valence-corrected chi connectivity index (χ2v) is 6.33. The zero-order valence-corrected chi connectivity index (χ0v) is 15.7. The smallest absolute Gasteiger partial charge is 0.251 e. The first-order valence-corrected chi connectivity index (χ1v) is 9.09. The van der Waals surface area contributed by atoms with Gasteiger partial charge in [-0.1, -0.05) is 54.6 Å². The van der Waals surface area contributed by atoms with Crippen LogP contribution in [-0.2, 0) is 11.2 Å². The van der Waals surface area contributed by atoms with Crippen molar-refractivity contribution in [2.75, 3.05) is 13.7 Å². The summed E-state index contributed by atoms with van der Waals surface area (Å²) in [5, 5.41) is 2.96. The topological polar surface area (TPSA) is 38.3 Å². The van der Waals surface area contributed by atoms with Crippen molar-refractivity contribution in [1.29, 1.82) is 0 Å². The van der Waals surface area contributed by atoms with Crippen LogP contribution < -0.4 is 10.1 Å². The maximum atomic E-state index is 13.0. The molecule has 0 saturated carbocycles. The molecule has 0 fully saturated rings. The lowest BCUT2D eigenvalue weighted by Crippen LogP contribution is -2.26. The Balaban J connectivity index is 1.75. The highest BCUT2D eigenvalue weighted by Gasteiger charge is 2.12. The van der Waals surface area contributed by atoms with Crippen molar-refractivity contribution in [3.8, 4) is 5.75 Å². The average molecular weight is 375 g/mol. The molecule has 0 aliphatic heterocycles. The van der Waals surface area contributed by atoms with E-state index < -0.39 is 0 Å². The minimum Gasteiger partial charge on any atom is -0.497 e. The summed E-state index contributed by atoms with van der Waals surface area (Å²) >= 11 is 0. The number of benzene rings is 3. The van der Waals surface area contributed by atoms with Gasteiger partial charge in [0.25, 0.3) is 5.91 Å². The van der Waals surface area contributed by atoms with E-state index in [1.807, 2.05) is 60.7 Å². The molecule has 0 heterocycles. The van der Waals surface area contributed by atoms with Crippen LogP contribution in [0.5, 0.6) is 5.75 Å². The third kappa shape index (κ3) is 5.30. The molecule has 0 aliphatic rings. The Bertz CT molecular complexity index is 933. The predicted octanol–water partition coefficient (Wildman–Crippen LogP) is 4.73. The van der Waals surface area contributed by atoms with Gasteiger partial charge in [0.1, 0.15) is 11.6 Å². The maximum absolute atomic E-state index is 13.0. The largest absolute Gasteiger partial charge is 0.497 e. The second-order valence-electron chi connectivity index (χ2n) is 6.33. The van der Waals surface area contributed by atoms with Crippen LogP contribution in [0.2, 0.25) is 0 Å². The highest BCUT2D eigenvalue weighted by Crippen LogP contribution is 2.20. The van der Waals surface area contributed by atoms with Gasteiger partial charge in [-0.05, 0) is 53.5 Å². The number of methoxy groups -OCH3 is 1. The molecule has 3 aromatic carbocycles. The molecule has 0 spiro atoms. The van der Waals surface area contributed by atoms with Crippen molar-refractivity contribution >= 4 is 17.6 Å². The molecule has 1 amide bonds. The standard InChI is InChI=1S/C24H22FNO2/c1-28-22-13-9-19(10-14-22)17-23(20-5-3-2-4-6-20)24(27)26-16-15-18-7-11-21(25)12-8-18/h2-14,17H,15-16H2,1H3,(H,26,27)/b23-17+. The number of halogens is 1. The number of carbonyl (C=O) groups is 1. The molecule has 0 bridgehead atoms. The van der Waals surface area contributed by atoms with E-state index in [1.54, 1.807) is 19.2 Å². The zero-order valence-electron chi connectivity index (χ0n) is 15.7. The van der Waals surface area contributed by atoms with Crippen molar-refractivity contribution in [2.24, 2.45) is 0 Å². The zero-order chi connectivity index (χ0) is 19.8. The molecule has 0 unspecified atom stereocenters. The van der Waals surface area contributed by atoms with Crippen molar-refractivity contribution in [3.05, 3.63) is 101 Å². The number of hydrogen-bond acceptors (Lipinski definition) is 2. The molecule has 142 valence electrons. The Labute approximate surface area is 164 Å². The first-order valence-electron chi connectivity index (χ1n) is 9.09. The van der Waals surface area contributed by atoms with Crippen molar-refractivity contribution < 1.29 is 13.9 Å². The van der Waals surface area contributed by atoms with Crippen LogP contribution >= 0.6 is 0 Å². The van der Waals surface area contributed by atoms with Crippen LogP contribution in [0.4, 0.5) is 4.39 Å². The molecule has 0 saturated heterocycles. The maximum Gasteiger partial charge on any atom is 0.251 e. The molecule has 0 atom stereocenters. The summed E-state index contributed by atoms with van der Waals surface area (Å²) in [5.74, 6) is 0.355. The van der Waals surface area contributed by atoms with Gasteiger partial charge in [-0.2, -0.15) is 0 Å². The third-order valence-corrected chi connectivity index (χ3v) is 4.37. The van der Waals surface area contributed by atoms with Crippen LogP contribution in [0, 0.1) is 5.82 Å². The predicted molar refractivity (Wildman–Crippen MR) is 110 cm³/mol. The third-order valence-electron chi connectivity index (χ3n) is 4.37. The summed E-state index contributed by atoms with van der Waals surface area (Å²) in [4.78, 5) is 12.9. The normalized spacial score (nSPS) is 11.1. The number of nitrogens with one attached hydrogen (secondary N) is 1. The van der Waals surface area contributed by atoms with Crippen LogP contribution in [0.15, 0.2) is 78.9 Å². The quantitative estimate of drug-likeness (QED) is 0.479. The van der Waals surface area contributed by atoms with Gasteiger partial charge in [0.2, 0.25) is 0 Å². The van der Waals surface area contributed by atoms with Gasteiger partial charge in [0, 0.05) is 12.1 Å². The van der Waals surface area contributed by atoms with Gasteiger partial charge in [0.15, 0.2) is 0 Å². The minimum atomic E-state index is -0.262. The fraction of sp³-hybridized carbons (Fsp3) is 0.125. The van der Waals surface area contributed by atoms with E-state index in [9.17, 15) is 9.18 Å². The van der Waals surface area contributed by atoms with Gasteiger partial charge in [0.05, 0.1) is 7.11 Å². The fourth-order valence-electron chi connectivity index (χ4n) is 2.83. The summed E-state index contributed by atoms with van der Waals surface area (Å²) in [5.41, 5.74) is 3.32. The summed E-state index contributed by atoms with van der Waals surface area (Å²) in [6.07, 6.45) is 2.50. The highest BCUT2D eigenvalue weighted by atomic mass is 19.1. The van der Waals surface area contributed by atoms with E-state index in [1.165, 1.54) is 12.1 Å². The fourth-order valence-corrected chi connectivity index (χ4v) is 2.83. The number of carbonyl (C=O) groups excluding carboxylic acids is 1. The Hall–Kier alpha value is -3.40. The van der Waals surface area contributed by atoms with Crippen LogP contribution in [0.3, 0.4) is 0 Å². The van der Waals surface area contributed by atoms with E-state index >= 15 is 0 Å². The molecule has 3 aromatic rings. The second kappa shape index (κ2) is 9.51. The van der Waals surface area contributed by atoms with E-state index in [-0.39, 0.29) is 11.7 Å². The molecule has 4 heteroatoms.